The SMILES string of the molecule is c1ccc(C2=NC(c3c(-c4ccc(-n5c6ccccc6c6c7ccccc7ccc65)cc4)ccc4ccccc34)=NC(c3ccccc3)N2)cc1. The molecule has 240 valence electrons. The van der Waals surface area contributed by atoms with E-state index >= 15 is 0 Å². The van der Waals surface area contributed by atoms with E-state index in [1.807, 2.05) is 24.3 Å². The standard InChI is InChI=1S/C47H32N4/c1-3-15-34(16-4-1)45-48-46(35-17-5-2-6-18-35)50-47(49-45)44-38-20-10-8-13-31(38)25-29-39(44)33-23-27-36(28-24-33)51-41-22-12-11-21-40(41)43-37-19-9-7-14-32(37)26-30-42(43)51/h1-30,45H,(H,48,49,50). The van der Waals surface area contributed by atoms with Crippen LogP contribution in [0.2, 0.25) is 0 Å². The van der Waals surface area contributed by atoms with Gasteiger partial charge in [0.15, 0.2) is 5.84 Å². The van der Waals surface area contributed by atoms with E-state index in [0.29, 0.717) is 5.84 Å². The molecule has 0 amide bonds. The first-order chi connectivity index (χ1) is 25.3. The Bertz CT molecular complexity index is 2810. The second-order valence-corrected chi connectivity index (χ2v) is 13.0. The third-order valence-corrected chi connectivity index (χ3v) is 10.1. The summed E-state index contributed by atoms with van der Waals surface area (Å²) in [5, 5.41) is 11.0. The molecule has 1 N–H and O–H groups in total. The Morgan fingerprint density at radius 2 is 1.10 bits per heavy atom. The fraction of sp³-hybridized carbons (Fsp3) is 0.0213. The summed E-state index contributed by atoms with van der Waals surface area (Å²) in [6.45, 7) is 0. The lowest BCUT2D eigenvalue weighted by Crippen LogP contribution is -2.33. The van der Waals surface area contributed by atoms with E-state index in [1.54, 1.807) is 0 Å². The Hall–Kier alpha value is -6.78. The molecule has 1 aliphatic heterocycles. The van der Waals surface area contributed by atoms with Crippen LogP contribution in [0.3, 0.4) is 0 Å². The molecule has 0 spiro atoms. The summed E-state index contributed by atoms with van der Waals surface area (Å²) in [6, 6.07) is 64.5. The average Bonchev–Trinajstić information content (AvgIpc) is 3.56. The number of amidine groups is 2. The lowest BCUT2D eigenvalue weighted by Gasteiger charge is -2.25. The molecule has 0 aliphatic carbocycles. The van der Waals surface area contributed by atoms with Gasteiger partial charge in [0.05, 0.1) is 11.0 Å². The smallest absolute Gasteiger partial charge is 0.160 e. The van der Waals surface area contributed by atoms with Gasteiger partial charge in [-0.15, -0.1) is 0 Å². The van der Waals surface area contributed by atoms with Crippen LogP contribution in [0.1, 0.15) is 22.9 Å². The van der Waals surface area contributed by atoms with E-state index in [1.165, 1.54) is 32.6 Å². The number of aliphatic imine (C=N–C) groups is 2. The zero-order chi connectivity index (χ0) is 33.7. The Morgan fingerprint density at radius 1 is 0.471 bits per heavy atom. The van der Waals surface area contributed by atoms with Crippen LogP contribution in [0.5, 0.6) is 0 Å². The predicted octanol–water partition coefficient (Wildman–Crippen LogP) is 11.3. The van der Waals surface area contributed by atoms with E-state index in [-0.39, 0.29) is 6.17 Å². The molecule has 1 unspecified atom stereocenters. The monoisotopic (exact) mass is 652 g/mol. The zero-order valence-corrected chi connectivity index (χ0v) is 27.7. The van der Waals surface area contributed by atoms with Crippen LogP contribution in [0.15, 0.2) is 192 Å². The highest BCUT2D eigenvalue weighted by Crippen LogP contribution is 2.38. The lowest BCUT2D eigenvalue weighted by molar-refractivity contribution is 0.674. The van der Waals surface area contributed by atoms with Gasteiger partial charge in [-0.1, -0.05) is 158 Å². The van der Waals surface area contributed by atoms with E-state index in [2.05, 4.69) is 168 Å². The summed E-state index contributed by atoms with van der Waals surface area (Å²) >= 11 is 0. The highest BCUT2D eigenvalue weighted by atomic mass is 15.2. The molecule has 1 atom stereocenters. The Balaban J connectivity index is 1.15. The van der Waals surface area contributed by atoms with Gasteiger partial charge in [0, 0.05) is 27.6 Å². The molecule has 0 saturated carbocycles. The molecule has 1 aliphatic rings. The van der Waals surface area contributed by atoms with Crippen LogP contribution in [-0.4, -0.2) is 16.2 Å². The Kier molecular flexibility index (Phi) is 6.85. The van der Waals surface area contributed by atoms with Gasteiger partial charge in [0.2, 0.25) is 0 Å². The molecule has 0 fully saturated rings. The van der Waals surface area contributed by atoms with Crippen molar-refractivity contribution in [1.29, 1.82) is 0 Å². The topological polar surface area (TPSA) is 41.7 Å². The second-order valence-electron chi connectivity index (χ2n) is 13.0. The van der Waals surface area contributed by atoms with Gasteiger partial charge in [-0.25, -0.2) is 9.98 Å². The molecule has 10 rings (SSSR count). The van der Waals surface area contributed by atoms with E-state index in [4.69, 9.17) is 9.98 Å². The van der Waals surface area contributed by atoms with Crippen molar-refractivity contribution in [2.24, 2.45) is 9.98 Å². The second kappa shape index (κ2) is 12.0. The summed E-state index contributed by atoms with van der Waals surface area (Å²) in [6.07, 6.45) is -0.283. The van der Waals surface area contributed by atoms with Crippen LogP contribution in [-0.2, 0) is 0 Å². The van der Waals surface area contributed by atoms with Crippen molar-refractivity contribution in [3.63, 3.8) is 0 Å². The first-order valence-corrected chi connectivity index (χ1v) is 17.4. The molecule has 9 aromatic rings. The largest absolute Gasteiger partial charge is 0.344 e. The predicted molar refractivity (Wildman–Crippen MR) is 213 cm³/mol. The maximum Gasteiger partial charge on any atom is 0.160 e. The fourth-order valence-electron chi connectivity index (χ4n) is 7.67. The Morgan fingerprint density at radius 3 is 1.88 bits per heavy atom. The van der Waals surface area contributed by atoms with Gasteiger partial charge in [0.25, 0.3) is 0 Å². The maximum atomic E-state index is 5.30. The van der Waals surface area contributed by atoms with Crippen LogP contribution in [0, 0.1) is 0 Å². The number of benzene rings is 8. The maximum absolute atomic E-state index is 5.30. The Labute approximate surface area is 295 Å². The van der Waals surface area contributed by atoms with Crippen LogP contribution >= 0.6 is 0 Å². The van der Waals surface area contributed by atoms with E-state index < -0.39 is 0 Å². The third kappa shape index (κ3) is 4.92. The summed E-state index contributed by atoms with van der Waals surface area (Å²) in [5.74, 6) is 1.52. The van der Waals surface area contributed by atoms with Crippen LogP contribution in [0.25, 0.3) is 60.2 Å². The van der Waals surface area contributed by atoms with Crippen molar-refractivity contribution in [1.82, 2.24) is 9.88 Å². The fourth-order valence-corrected chi connectivity index (χ4v) is 7.67. The molecule has 8 aromatic carbocycles. The molecule has 1 aromatic heterocycles. The van der Waals surface area contributed by atoms with Crippen LogP contribution < -0.4 is 5.32 Å². The van der Waals surface area contributed by atoms with Crippen molar-refractivity contribution in [3.05, 3.63) is 199 Å². The minimum Gasteiger partial charge on any atom is -0.344 e. The van der Waals surface area contributed by atoms with Gasteiger partial charge in [-0.2, -0.15) is 0 Å². The summed E-state index contributed by atoms with van der Waals surface area (Å²) in [5.41, 5.74) is 8.86. The summed E-state index contributed by atoms with van der Waals surface area (Å²) < 4.78 is 2.39. The van der Waals surface area contributed by atoms with Crippen LogP contribution in [0.4, 0.5) is 0 Å². The zero-order valence-electron chi connectivity index (χ0n) is 27.7. The van der Waals surface area contributed by atoms with Gasteiger partial charge < -0.3 is 9.88 Å². The molecular formula is C47H32N4. The first-order valence-electron chi connectivity index (χ1n) is 17.4. The normalized spacial score (nSPS) is 14.5. The van der Waals surface area contributed by atoms with E-state index in [0.717, 1.165) is 50.1 Å². The van der Waals surface area contributed by atoms with Crippen molar-refractivity contribution >= 4 is 55.0 Å². The molecule has 0 saturated heterocycles. The van der Waals surface area contributed by atoms with Gasteiger partial charge >= 0.3 is 0 Å². The summed E-state index contributed by atoms with van der Waals surface area (Å²) in [4.78, 5) is 10.5. The number of para-hydroxylation sites is 1. The number of aromatic nitrogens is 1. The number of nitrogens with one attached hydrogen (secondary N) is 1. The molecule has 4 heteroatoms. The molecular weight excluding hydrogens is 621 g/mol. The summed E-state index contributed by atoms with van der Waals surface area (Å²) in [7, 11) is 0. The van der Waals surface area contributed by atoms with Gasteiger partial charge in [-0.3, -0.25) is 0 Å². The third-order valence-electron chi connectivity index (χ3n) is 10.1. The highest BCUT2D eigenvalue weighted by Gasteiger charge is 2.24. The minimum atomic E-state index is -0.283. The van der Waals surface area contributed by atoms with Gasteiger partial charge in [0.1, 0.15) is 12.0 Å². The first kappa shape index (κ1) is 29.2. The molecule has 0 radical (unpaired) electrons. The molecule has 4 nitrogen and oxygen atoms in total. The van der Waals surface area contributed by atoms with Crippen molar-refractivity contribution in [2.75, 3.05) is 0 Å². The minimum absolute atomic E-state index is 0.283. The quantitative estimate of drug-likeness (QED) is 0.197. The number of hydrogen-bond donors (Lipinski definition) is 1. The number of nitrogens with zero attached hydrogens (tertiary/aromatic N) is 3. The number of fused-ring (bicyclic) bond motifs is 6. The number of rotatable bonds is 5. The van der Waals surface area contributed by atoms with Crippen molar-refractivity contribution < 1.29 is 0 Å². The lowest BCUT2D eigenvalue weighted by atomic mass is 9.93. The molecule has 2 heterocycles. The molecule has 51 heavy (non-hydrogen) atoms. The van der Waals surface area contributed by atoms with Crippen molar-refractivity contribution in [3.8, 4) is 16.8 Å². The van der Waals surface area contributed by atoms with Crippen molar-refractivity contribution in [2.45, 2.75) is 6.17 Å². The van der Waals surface area contributed by atoms with E-state index in [9.17, 15) is 0 Å². The molecule has 0 bridgehead atoms. The highest BCUT2D eigenvalue weighted by molar-refractivity contribution is 6.22. The van der Waals surface area contributed by atoms with Gasteiger partial charge in [-0.05, 0) is 62.5 Å². The average molecular weight is 653 g/mol. The number of hydrogen-bond acceptors (Lipinski definition) is 3.